The van der Waals surface area contributed by atoms with Crippen molar-refractivity contribution in [3.8, 4) is 0 Å². The second-order valence-corrected chi connectivity index (χ2v) is 11.0. The van der Waals surface area contributed by atoms with E-state index in [0.717, 1.165) is 0 Å². The molecule has 17 heavy (non-hydrogen) atoms. The van der Waals surface area contributed by atoms with Gasteiger partial charge in [0.15, 0.2) is 14.5 Å². The number of carbonyl (C=O) groups is 1. The van der Waals surface area contributed by atoms with Crippen molar-refractivity contribution in [2.24, 2.45) is 0 Å². The van der Waals surface area contributed by atoms with Gasteiger partial charge in [-0.3, -0.25) is 4.79 Å². The quantitative estimate of drug-likeness (QED) is 0.728. The number of carbonyl (C=O) groups excluding carboxylic acids is 1. The molecule has 0 saturated carbocycles. The van der Waals surface area contributed by atoms with Crippen molar-refractivity contribution >= 4 is 14.2 Å². The molecule has 5 heteroatoms. The lowest BCUT2D eigenvalue weighted by Gasteiger charge is -2.36. The largest absolute Gasteiger partial charge is 0.415 e. The zero-order chi connectivity index (χ0) is 13.3. The number of nitrogens with zero attached hydrogens (tertiary/aromatic N) is 1. The molecule has 0 aromatic rings. The first-order valence-electron chi connectivity index (χ1n) is 6.22. The van der Waals surface area contributed by atoms with Crippen molar-refractivity contribution < 1.29 is 13.6 Å². The van der Waals surface area contributed by atoms with Crippen LogP contribution in [0.25, 0.3) is 0 Å². The summed E-state index contributed by atoms with van der Waals surface area (Å²) in [6, 6.07) is 0. The van der Waals surface area contributed by atoms with Crippen LogP contribution in [-0.2, 0) is 9.22 Å². The van der Waals surface area contributed by atoms with Gasteiger partial charge in [-0.1, -0.05) is 20.8 Å². The van der Waals surface area contributed by atoms with Crippen LogP contribution >= 0.6 is 0 Å². The van der Waals surface area contributed by atoms with E-state index in [-0.39, 0.29) is 10.9 Å². The predicted molar refractivity (Wildman–Crippen MR) is 69.2 cm³/mol. The molecule has 0 unspecified atom stereocenters. The molecule has 3 nitrogen and oxygen atoms in total. The highest BCUT2D eigenvalue weighted by atomic mass is 28.4. The fourth-order valence-corrected chi connectivity index (χ4v) is 2.59. The molecule has 0 N–H and O–H groups in total. The monoisotopic (exact) mass is 261 g/mol. The number of alkyl halides is 1. The van der Waals surface area contributed by atoms with Crippen molar-refractivity contribution in [3.63, 3.8) is 0 Å². The molecule has 1 atom stereocenters. The van der Waals surface area contributed by atoms with E-state index in [1.54, 1.807) is 4.90 Å². The summed E-state index contributed by atoms with van der Waals surface area (Å²) in [6.45, 7) is 12.5. The van der Waals surface area contributed by atoms with Crippen LogP contribution in [-0.4, -0.2) is 45.0 Å². The Hall–Kier alpha value is -0.423. The highest BCUT2D eigenvalue weighted by molar-refractivity contribution is 6.74. The molecule has 1 aliphatic rings. The third kappa shape index (κ3) is 3.52. The number of rotatable bonds is 4. The molecule has 0 aromatic carbocycles. The zero-order valence-corrected chi connectivity index (χ0v) is 12.5. The molecule has 1 rings (SSSR count). The Morgan fingerprint density at radius 2 is 2.06 bits per heavy atom. The summed E-state index contributed by atoms with van der Waals surface area (Å²) in [5, 5.41) is 0.171. The smallest absolute Gasteiger partial charge is 0.257 e. The van der Waals surface area contributed by atoms with Crippen molar-refractivity contribution in [3.05, 3.63) is 0 Å². The van der Waals surface area contributed by atoms with E-state index in [9.17, 15) is 9.18 Å². The Labute approximate surface area is 104 Å². The van der Waals surface area contributed by atoms with Gasteiger partial charge in [-0.25, -0.2) is 4.39 Å². The fourth-order valence-electron chi connectivity index (χ4n) is 1.55. The molecule has 0 spiro atoms. The van der Waals surface area contributed by atoms with Crippen molar-refractivity contribution in [2.45, 2.75) is 51.5 Å². The molecule has 0 radical (unpaired) electrons. The molecule has 1 saturated heterocycles. The number of amides is 1. The zero-order valence-electron chi connectivity index (χ0n) is 11.5. The minimum Gasteiger partial charge on any atom is -0.415 e. The van der Waals surface area contributed by atoms with Gasteiger partial charge in [-0.2, -0.15) is 0 Å². The number of hydrogen-bond acceptors (Lipinski definition) is 2. The van der Waals surface area contributed by atoms with Gasteiger partial charge in [0.05, 0.1) is 6.61 Å². The van der Waals surface area contributed by atoms with Gasteiger partial charge in [0.2, 0.25) is 0 Å². The summed E-state index contributed by atoms with van der Waals surface area (Å²) in [5.74, 6) is -0.371. The third-order valence-electron chi connectivity index (χ3n) is 3.86. The van der Waals surface area contributed by atoms with Gasteiger partial charge in [-0.05, 0) is 18.1 Å². The summed E-state index contributed by atoms with van der Waals surface area (Å²) in [4.78, 5) is 12.9. The van der Waals surface area contributed by atoms with Crippen LogP contribution < -0.4 is 0 Å². The fraction of sp³-hybridized carbons (Fsp3) is 0.917. The van der Waals surface area contributed by atoms with Crippen molar-refractivity contribution in [1.29, 1.82) is 0 Å². The van der Waals surface area contributed by atoms with Crippen molar-refractivity contribution in [2.75, 3.05) is 19.7 Å². The van der Waals surface area contributed by atoms with Crippen LogP contribution in [0.1, 0.15) is 27.2 Å². The van der Waals surface area contributed by atoms with Gasteiger partial charge in [-0.15, -0.1) is 0 Å². The molecule has 1 aliphatic heterocycles. The number of likely N-dealkylation sites (tertiary alicyclic amines) is 1. The topological polar surface area (TPSA) is 29.5 Å². The average molecular weight is 261 g/mol. The minimum atomic E-state index is -1.75. The maximum Gasteiger partial charge on any atom is 0.257 e. The lowest BCUT2D eigenvalue weighted by molar-refractivity contribution is -0.132. The Balaban J connectivity index is 2.36. The van der Waals surface area contributed by atoms with Gasteiger partial charge in [0, 0.05) is 19.5 Å². The Bertz CT molecular complexity index is 289. The average Bonchev–Trinajstić information content (AvgIpc) is 2.47. The molecule has 1 fully saturated rings. The van der Waals surface area contributed by atoms with Gasteiger partial charge in [0.25, 0.3) is 5.91 Å². The standard InChI is InChI=1S/C12H24FNO2Si/c1-12(2,3)17(4,5)16-9-8-14-7-6-10(13)11(14)15/h10H,6-9H2,1-5H3/t10-/m1/s1. The summed E-state index contributed by atoms with van der Waals surface area (Å²) >= 11 is 0. The highest BCUT2D eigenvalue weighted by Crippen LogP contribution is 2.36. The second-order valence-electron chi connectivity index (χ2n) is 6.19. The highest BCUT2D eigenvalue weighted by Gasteiger charge is 2.37. The van der Waals surface area contributed by atoms with Crippen LogP contribution in [0.4, 0.5) is 4.39 Å². The molecule has 1 heterocycles. The van der Waals surface area contributed by atoms with E-state index in [2.05, 4.69) is 33.9 Å². The predicted octanol–water partition coefficient (Wildman–Crippen LogP) is 2.58. The first-order chi connectivity index (χ1) is 7.65. The van der Waals surface area contributed by atoms with Gasteiger partial charge in [0.1, 0.15) is 0 Å². The molecule has 100 valence electrons. The van der Waals surface area contributed by atoms with E-state index in [0.29, 0.717) is 26.1 Å². The molecular weight excluding hydrogens is 237 g/mol. The summed E-state index contributed by atoms with van der Waals surface area (Å²) < 4.78 is 19.0. The molecule has 0 bridgehead atoms. The first-order valence-corrected chi connectivity index (χ1v) is 9.13. The van der Waals surface area contributed by atoms with E-state index >= 15 is 0 Å². The summed E-state index contributed by atoms with van der Waals surface area (Å²) in [6.07, 6.45) is -0.957. The second kappa shape index (κ2) is 5.06. The minimum absolute atomic E-state index is 0.171. The van der Waals surface area contributed by atoms with Gasteiger partial charge < -0.3 is 9.33 Å². The third-order valence-corrected chi connectivity index (χ3v) is 8.40. The lowest BCUT2D eigenvalue weighted by atomic mass is 10.2. The summed E-state index contributed by atoms with van der Waals surface area (Å²) in [7, 11) is -1.75. The Kier molecular flexibility index (Phi) is 4.36. The van der Waals surface area contributed by atoms with Gasteiger partial charge >= 0.3 is 0 Å². The number of hydrogen-bond donors (Lipinski definition) is 0. The van der Waals surface area contributed by atoms with Crippen LogP contribution in [0.3, 0.4) is 0 Å². The van der Waals surface area contributed by atoms with E-state index in [1.807, 2.05) is 0 Å². The summed E-state index contributed by atoms with van der Waals surface area (Å²) in [5.41, 5.74) is 0. The van der Waals surface area contributed by atoms with E-state index in [1.165, 1.54) is 0 Å². The molecule has 1 amide bonds. The lowest BCUT2D eigenvalue weighted by Crippen LogP contribution is -2.43. The normalized spacial score (nSPS) is 22.4. The maximum atomic E-state index is 13.0. The van der Waals surface area contributed by atoms with Crippen LogP contribution in [0.2, 0.25) is 18.1 Å². The molecule has 0 aliphatic carbocycles. The molecular formula is C12H24FNO2Si. The van der Waals surface area contributed by atoms with Crippen LogP contribution in [0, 0.1) is 0 Å². The van der Waals surface area contributed by atoms with E-state index in [4.69, 9.17) is 4.43 Å². The van der Waals surface area contributed by atoms with Crippen LogP contribution in [0.5, 0.6) is 0 Å². The van der Waals surface area contributed by atoms with E-state index < -0.39 is 14.5 Å². The Morgan fingerprint density at radius 3 is 2.47 bits per heavy atom. The first kappa shape index (κ1) is 14.6. The SMILES string of the molecule is CC(C)(C)[Si](C)(C)OCCN1CC[C@@H](F)C1=O. The van der Waals surface area contributed by atoms with Crippen molar-refractivity contribution in [1.82, 2.24) is 4.90 Å². The number of halogens is 1. The maximum absolute atomic E-state index is 13.0. The molecule has 0 aromatic heterocycles. The Morgan fingerprint density at radius 1 is 1.47 bits per heavy atom. The van der Waals surface area contributed by atoms with Crippen LogP contribution in [0.15, 0.2) is 0 Å².